The van der Waals surface area contributed by atoms with Crippen molar-refractivity contribution < 1.29 is 9.18 Å². The van der Waals surface area contributed by atoms with Gasteiger partial charge in [0.2, 0.25) is 0 Å². The third-order valence-electron chi connectivity index (χ3n) is 5.66. The first kappa shape index (κ1) is 19.7. The lowest BCUT2D eigenvalue weighted by molar-refractivity contribution is 0.102. The summed E-state index contributed by atoms with van der Waals surface area (Å²) in [5.41, 5.74) is 3.41. The lowest BCUT2D eigenvalue weighted by Gasteiger charge is -2.22. The molecule has 8 heteroatoms. The van der Waals surface area contributed by atoms with E-state index in [4.69, 9.17) is 4.98 Å². The number of carbonyl (C=O) groups is 1. The topological polar surface area (TPSA) is 63.1 Å². The molecule has 0 aliphatic carbocycles. The van der Waals surface area contributed by atoms with Crippen molar-refractivity contribution in [3.63, 3.8) is 0 Å². The van der Waals surface area contributed by atoms with Crippen LogP contribution in [0.5, 0.6) is 0 Å². The zero-order chi connectivity index (χ0) is 21.5. The SMILES string of the molecule is Cc1nn(C)c2nc(-c3cccs3)cc(C(=O)Nc3c(F)cccc3N3CCCC3)c12. The maximum absolute atomic E-state index is 14.8. The Kier molecular flexibility index (Phi) is 4.94. The minimum atomic E-state index is -0.440. The Morgan fingerprint density at radius 2 is 2.00 bits per heavy atom. The van der Waals surface area contributed by atoms with Gasteiger partial charge in [-0.3, -0.25) is 9.48 Å². The predicted molar refractivity (Wildman–Crippen MR) is 122 cm³/mol. The Hall–Kier alpha value is -3.26. The lowest BCUT2D eigenvalue weighted by atomic mass is 10.1. The normalized spacial score (nSPS) is 13.8. The van der Waals surface area contributed by atoms with Crippen LogP contribution in [0.4, 0.5) is 15.8 Å². The molecule has 1 aliphatic rings. The number of hydrogen-bond acceptors (Lipinski definition) is 5. The summed E-state index contributed by atoms with van der Waals surface area (Å²) in [5, 5.41) is 9.96. The second-order valence-electron chi connectivity index (χ2n) is 7.72. The number of para-hydroxylation sites is 1. The highest BCUT2D eigenvalue weighted by Crippen LogP contribution is 2.33. The number of aryl methyl sites for hydroxylation is 2. The van der Waals surface area contributed by atoms with E-state index in [-0.39, 0.29) is 11.6 Å². The molecule has 1 N–H and O–H groups in total. The average molecular weight is 436 g/mol. The number of fused-ring (bicyclic) bond motifs is 1. The minimum absolute atomic E-state index is 0.221. The molecule has 4 heterocycles. The highest BCUT2D eigenvalue weighted by Gasteiger charge is 2.23. The van der Waals surface area contributed by atoms with Crippen LogP contribution in [0.15, 0.2) is 41.8 Å². The molecule has 0 bridgehead atoms. The predicted octanol–water partition coefficient (Wildman–Crippen LogP) is 5.00. The van der Waals surface area contributed by atoms with Gasteiger partial charge in [-0.2, -0.15) is 5.10 Å². The van der Waals surface area contributed by atoms with Crippen molar-refractivity contribution >= 4 is 39.7 Å². The summed E-state index contributed by atoms with van der Waals surface area (Å²) < 4.78 is 16.5. The van der Waals surface area contributed by atoms with E-state index >= 15 is 0 Å². The number of amides is 1. The molecule has 4 aromatic rings. The molecule has 1 fully saturated rings. The van der Waals surface area contributed by atoms with E-state index < -0.39 is 5.82 Å². The van der Waals surface area contributed by atoms with Gasteiger partial charge in [0, 0.05) is 20.1 Å². The summed E-state index contributed by atoms with van der Waals surface area (Å²) in [6, 6.07) is 10.6. The highest BCUT2D eigenvalue weighted by molar-refractivity contribution is 7.13. The van der Waals surface area contributed by atoms with E-state index in [1.807, 2.05) is 37.6 Å². The molecular formula is C23H22FN5OS. The number of hydrogen-bond donors (Lipinski definition) is 1. The van der Waals surface area contributed by atoms with Gasteiger partial charge in [-0.05, 0) is 49.4 Å². The molecule has 1 saturated heterocycles. The summed E-state index contributed by atoms with van der Waals surface area (Å²) in [4.78, 5) is 21.3. The summed E-state index contributed by atoms with van der Waals surface area (Å²) >= 11 is 1.55. The highest BCUT2D eigenvalue weighted by atomic mass is 32.1. The third kappa shape index (κ3) is 3.46. The van der Waals surface area contributed by atoms with Crippen molar-refractivity contribution in [2.24, 2.45) is 7.05 Å². The molecule has 158 valence electrons. The van der Waals surface area contributed by atoms with Gasteiger partial charge in [-0.25, -0.2) is 9.37 Å². The molecule has 1 aromatic carbocycles. The van der Waals surface area contributed by atoms with E-state index in [1.165, 1.54) is 6.07 Å². The summed E-state index contributed by atoms with van der Waals surface area (Å²) in [6.45, 7) is 3.57. The van der Waals surface area contributed by atoms with Crippen molar-refractivity contribution in [1.29, 1.82) is 0 Å². The molecule has 6 nitrogen and oxygen atoms in total. The number of benzene rings is 1. The fourth-order valence-electron chi connectivity index (χ4n) is 4.21. The number of aromatic nitrogens is 3. The van der Waals surface area contributed by atoms with Gasteiger partial charge in [0.1, 0.15) is 11.5 Å². The van der Waals surface area contributed by atoms with Crippen molar-refractivity contribution in [1.82, 2.24) is 14.8 Å². The van der Waals surface area contributed by atoms with Crippen LogP contribution >= 0.6 is 11.3 Å². The Labute approximate surface area is 183 Å². The number of pyridine rings is 1. The number of thiophene rings is 1. The van der Waals surface area contributed by atoms with Crippen molar-refractivity contribution in [2.75, 3.05) is 23.3 Å². The number of anilines is 2. The number of carbonyl (C=O) groups excluding carboxylic acids is 1. The summed E-state index contributed by atoms with van der Waals surface area (Å²) in [5.74, 6) is -0.809. The van der Waals surface area contributed by atoms with E-state index in [2.05, 4.69) is 15.3 Å². The number of rotatable bonds is 4. The van der Waals surface area contributed by atoms with Crippen LogP contribution in [-0.2, 0) is 7.05 Å². The van der Waals surface area contributed by atoms with Gasteiger partial charge in [0.25, 0.3) is 5.91 Å². The standard InChI is InChI=1S/C23H22FN5OS/c1-14-20-15(13-17(19-9-6-12-31-19)25-22(20)28(2)27-14)23(30)26-21-16(24)7-5-8-18(21)29-10-3-4-11-29/h5-9,12-13H,3-4,10-11H2,1-2H3,(H,26,30). The van der Waals surface area contributed by atoms with E-state index in [9.17, 15) is 9.18 Å². The molecule has 0 unspecified atom stereocenters. The largest absolute Gasteiger partial charge is 0.370 e. The van der Waals surface area contributed by atoms with Crippen molar-refractivity contribution in [3.8, 4) is 10.6 Å². The van der Waals surface area contributed by atoms with Crippen molar-refractivity contribution in [3.05, 3.63) is 58.9 Å². The average Bonchev–Trinajstić information content (AvgIpc) is 3.52. The molecular weight excluding hydrogens is 413 g/mol. The maximum Gasteiger partial charge on any atom is 0.256 e. The van der Waals surface area contributed by atoms with Crippen LogP contribution in [-0.4, -0.2) is 33.8 Å². The van der Waals surface area contributed by atoms with Crippen LogP contribution in [0.3, 0.4) is 0 Å². The number of halogens is 1. The quantitative estimate of drug-likeness (QED) is 0.490. The first-order chi connectivity index (χ1) is 15.0. The molecule has 0 spiro atoms. The van der Waals surface area contributed by atoms with Gasteiger partial charge >= 0.3 is 0 Å². The van der Waals surface area contributed by atoms with Crippen molar-refractivity contribution in [2.45, 2.75) is 19.8 Å². The van der Waals surface area contributed by atoms with Crippen LogP contribution in [0.2, 0.25) is 0 Å². The second kappa shape index (κ2) is 7.77. The van der Waals surface area contributed by atoms with E-state index in [1.54, 1.807) is 28.2 Å². The Morgan fingerprint density at radius 3 is 2.74 bits per heavy atom. The van der Waals surface area contributed by atoms with Gasteiger partial charge in [-0.15, -0.1) is 11.3 Å². The van der Waals surface area contributed by atoms with Crippen LogP contribution in [0, 0.1) is 12.7 Å². The molecule has 1 aliphatic heterocycles. The van der Waals surface area contributed by atoms with Crippen LogP contribution < -0.4 is 10.2 Å². The third-order valence-corrected chi connectivity index (χ3v) is 6.56. The summed E-state index contributed by atoms with van der Waals surface area (Å²) in [7, 11) is 1.81. The van der Waals surface area contributed by atoms with E-state index in [0.29, 0.717) is 28.0 Å². The monoisotopic (exact) mass is 435 g/mol. The Balaban J connectivity index is 1.61. The molecule has 0 radical (unpaired) electrons. The zero-order valence-corrected chi connectivity index (χ0v) is 18.2. The number of nitrogens with one attached hydrogen (secondary N) is 1. The Bertz CT molecular complexity index is 1280. The Morgan fingerprint density at radius 1 is 1.19 bits per heavy atom. The van der Waals surface area contributed by atoms with Gasteiger partial charge in [0.05, 0.1) is 32.9 Å². The zero-order valence-electron chi connectivity index (χ0n) is 17.4. The molecule has 5 rings (SSSR count). The fraction of sp³-hybridized carbons (Fsp3) is 0.261. The lowest BCUT2D eigenvalue weighted by Crippen LogP contribution is -2.22. The number of nitrogens with zero attached hydrogens (tertiary/aromatic N) is 4. The van der Waals surface area contributed by atoms with E-state index in [0.717, 1.165) is 36.5 Å². The fourth-order valence-corrected chi connectivity index (χ4v) is 4.90. The minimum Gasteiger partial charge on any atom is -0.370 e. The molecule has 0 saturated carbocycles. The van der Waals surface area contributed by atoms with Gasteiger partial charge in [0.15, 0.2) is 5.65 Å². The maximum atomic E-state index is 14.8. The first-order valence-corrected chi connectivity index (χ1v) is 11.1. The van der Waals surface area contributed by atoms with Crippen LogP contribution in [0.1, 0.15) is 28.9 Å². The van der Waals surface area contributed by atoms with Gasteiger partial charge in [-0.1, -0.05) is 12.1 Å². The summed E-state index contributed by atoms with van der Waals surface area (Å²) in [6.07, 6.45) is 2.13. The van der Waals surface area contributed by atoms with Crippen LogP contribution in [0.25, 0.3) is 21.6 Å². The molecule has 1 amide bonds. The van der Waals surface area contributed by atoms with Gasteiger partial charge < -0.3 is 10.2 Å². The first-order valence-electron chi connectivity index (χ1n) is 10.3. The smallest absolute Gasteiger partial charge is 0.256 e. The second-order valence-corrected chi connectivity index (χ2v) is 8.67. The molecule has 3 aromatic heterocycles. The molecule has 31 heavy (non-hydrogen) atoms. The molecule has 0 atom stereocenters.